The Morgan fingerprint density at radius 3 is 2.68 bits per heavy atom. The van der Waals surface area contributed by atoms with E-state index in [1.165, 1.54) is 64.1 Å². The summed E-state index contributed by atoms with van der Waals surface area (Å²) in [5.41, 5.74) is 0.623. The third-order valence-electron chi connectivity index (χ3n) is 7.32. The van der Waals surface area contributed by atoms with E-state index >= 15 is 0 Å². The Bertz CT molecular complexity index is 1880. The number of nitrogens with one attached hydrogen (secondary N) is 3. The van der Waals surface area contributed by atoms with Crippen LogP contribution in [0, 0.1) is 0 Å². The van der Waals surface area contributed by atoms with Crippen LogP contribution < -0.4 is 26.5 Å². The van der Waals surface area contributed by atoms with E-state index in [2.05, 4.69) is 30.9 Å². The van der Waals surface area contributed by atoms with Crippen molar-refractivity contribution in [3.05, 3.63) is 67.1 Å². The van der Waals surface area contributed by atoms with Gasteiger partial charge >= 0.3 is 17.1 Å². The van der Waals surface area contributed by atoms with Crippen molar-refractivity contribution in [2.75, 3.05) is 25.0 Å². The van der Waals surface area contributed by atoms with Crippen LogP contribution in [-0.2, 0) is 42.4 Å². The second kappa shape index (κ2) is 16.3. The zero-order chi connectivity index (χ0) is 36.0. The van der Waals surface area contributed by atoms with Crippen molar-refractivity contribution in [1.29, 1.82) is 0 Å². The van der Waals surface area contributed by atoms with E-state index in [0.29, 0.717) is 17.0 Å². The molecule has 0 radical (unpaired) electrons. The monoisotopic (exact) mass is 784 g/mol. The van der Waals surface area contributed by atoms with Gasteiger partial charge in [0.15, 0.2) is 11.2 Å². The summed E-state index contributed by atoms with van der Waals surface area (Å²) in [7, 11) is 3.03. The molecule has 2 saturated heterocycles. The van der Waals surface area contributed by atoms with Crippen LogP contribution >= 0.6 is 58.2 Å². The van der Waals surface area contributed by atoms with Gasteiger partial charge in [-0.2, -0.15) is 4.98 Å². The Balaban J connectivity index is 1.34. The molecule has 2 aliphatic heterocycles. The maximum absolute atomic E-state index is 13.9. The standard InChI is InChI=1S/C28H29ClN8O9S4/c1-36-27(34-21(40)22(41)35-36)50-28(47-3)12-49-25-19(32-18(39)9-31-46-23(33-17(38)8-29)16-11-48-13-30-16)24(42)37(25)20(28)26(43)45-10-14-4-6-15(44-2)7-5-14/h4-7,9,11,13,19-20,23,25H,8,10,12H2,1-3H3,(H,32,39)(H,33,38)(H,35,41)/t19-,20?,23?,25+,28?/m1/s1. The Hall–Kier alpha value is -4.05. The van der Waals surface area contributed by atoms with Gasteiger partial charge in [0.2, 0.25) is 18.0 Å². The third kappa shape index (κ3) is 8.12. The van der Waals surface area contributed by atoms with Gasteiger partial charge in [-0.1, -0.05) is 29.1 Å². The van der Waals surface area contributed by atoms with Crippen molar-refractivity contribution in [2.45, 2.75) is 39.5 Å². The van der Waals surface area contributed by atoms with Gasteiger partial charge in [-0.05, 0) is 24.0 Å². The van der Waals surface area contributed by atoms with Crippen LogP contribution in [0.25, 0.3) is 0 Å². The molecule has 3 amide bonds. The van der Waals surface area contributed by atoms with Gasteiger partial charge in [-0.25, -0.2) is 9.78 Å². The van der Waals surface area contributed by atoms with Crippen LogP contribution in [0.4, 0.5) is 0 Å². The zero-order valence-corrected chi connectivity index (χ0v) is 30.4. The smallest absolute Gasteiger partial charge is 0.339 e. The number of methoxy groups -OCH3 is 1. The summed E-state index contributed by atoms with van der Waals surface area (Å²) < 4.78 is 11.1. The fourth-order valence-corrected chi connectivity index (χ4v) is 9.85. The van der Waals surface area contributed by atoms with Crippen LogP contribution in [0.2, 0.25) is 0 Å². The molecule has 0 aliphatic carbocycles. The highest BCUT2D eigenvalue weighted by molar-refractivity contribution is 8.19. The molecule has 2 fully saturated rings. The number of nitrogens with zero attached hydrogens (tertiary/aromatic N) is 5. The first kappa shape index (κ1) is 37.2. The van der Waals surface area contributed by atoms with Crippen LogP contribution in [-0.4, -0.2) is 101 Å². The van der Waals surface area contributed by atoms with Crippen molar-refractivity contribution in [3.8, 4) is 5.75 Å². The number of oxime groups is 1. The number of carbonyl (C=O) groups is 4. The van der Waals surface area contributed by atoms with E-state index in [4.69, 9.17) is 25.9 Å². The van der Waals surface area contributed by atoms with Crippen molar-refractivity contribution in [3.63, 3.8) is 0 Å². The molecule has 5 atom stereocenters. The third-order valence-corrected chi connectivity index (χ3v) is 13.1. The predicted octanol–water partition coefficient (Wildman–Crippen LogP) is 0.653. The average molecular weight is 785 g/mol. The van der Waals surface area contributed by atoms with Gasteiger partial charge in [-0.15, -0.1) is 46.5 Å². The van der Waals surface area contributed by atoms with Crippen LogP contribution in [0.1, 0.15) is 17.5 Å². The number of hydrogen-bond donors (Lipinski definition) is 3. The average Bonchev–Trinajstić information content (AvgIpc) is 3.66. The summed E-state index contributed by atoms with van der Waals surface area (Å²) >= 11 is 10.4. The molecule has 3 unspecified atom stereocenters. The van der Waals surface area contributed by atoms with Crippen LogP contribution in [0.15, 0.2) is 55.1 Å². The number of benzene rings is 1. The summed E-state index contributed by atoms with van der Waals surface area (Å²) in [4.78, 5) is 90.9. The van der Waals surface area contributed by atoms with Gasteiger partial charge in [-0.3, -0.25) is 33.8 Å². The molecule has 5 rings (SSSR count). The first-order chi connectivity index (χ1) is 24.0. The molecule has 4 heterocycles. The second-order valence-electron chi connectivity index (χ2n) is 10.4. The van der Waals surface area contributed by atoms with Crippen molar-refractivity contribution >= 4 is 88.1 Å². The Labute approximate surface area is 305 Å². The largest absolute Gasteiger partial charge is 0.497 e. The van der Waals surface area contributed by atoms with Gasteiger partial charge in [0.25, 0.3) is 5.91 Å². The van der Waals surface area contributed by atoms with Gasteiger partial charge in [0, 0.05) is 18.2 Å². The van der Waals surface area contributed by atoms with E-state index in [1.54, 1.807) is 35.9 Å². The quantitative estimate of drug-likeness (QED) is 0.0390. The molecular formula is C28H29ClN8O9S4. The number of alkyl halides is 1. The normalized spacial score (nSPS) is 21.9. The number of thioether (sulfide) groups is 3. The van der Waals surface area contributed by atoms with Crippen LogP contribution in [0.3, 0.4) is 0 Å². The summed E-state index contributed by atoms with van der Waals surface area (Å²) in [6, 6.07) is 4.68. The molecule has 22 heteroatoms. The molecule has 0 spiro atoms. The number of aromatic nitrogens is 4. The highest BCUT2D eigenvalue weighted by Gasteiger charge is 2.64. The van der Waals surface area contributed by atoms with E-state index in [1.807, 2.05) is 0 Å². The summed E-state index contributed by atoms with van der Waals surface area (Å²) in [6.07, 6.45) is 1.45. The van der Waals surface area contributed by atoms with E-state index < -0.39 is 62.6 Å². The molecule has 50 heavy (non-hydrogen) atoms. The molecular weight excluding hydrogens is 756 g/mol. The number of β-lactam (4-membered cyclic amide) rings is 1. The van der Waals surface area contributed by atoms with E-state index in [9.17, 15) is 28.8 Å². The van der Waals surface area contributed by atoms with Crippen LogP contribution in [0.5, 0.6) is 5.75 Å². The lowest BCUT2D eigenvalue weighted by Crippen LogP contribution is -2.78. The number of aromatic amines is 1. The number of H-pyrrole nitrogens is 1. The number of aryl methyl sites for hydroxylation is 1. The number of hydrogen-bond acceptors (Lipinski definition) is 16. The SMILES string of the molecule is COc1ccc(COC(=O)C2N3C(=O)[C@@H](NC(=O)C=NOC(NC(=O)CCl)c4cscn4)[C@@H]3SCC2(SC)Sc2nc(=O)c(=O)[nH]n2C)cc1. The second-order valence-corrected chi connectivity index (χ2v) is 15.2. The summed E-state index contributed by atoms with van der Waals surface area (Å²) in [5.74, 6) is -2.07. The topological polar surface area (TPSA) is 216 Å². The highest BCUT2D eigenvalue weighted by Crippen LogP contribution is 2.54. The molecule has 2 aromatic heterocycles. The molecule has 0 saturated carbocycles. The van der Waals surface area contributed by atoms with Crippen molar-refractivity contribution in [1.82, 2.24) is 35.3 Å². The number of carbonyl (C=O) groups excluding carboxylic acids is 4. The highest BCUT2D eigenvalue weighted by atomic mass is 35.5. The fourth-order valence-electron chi connectivity index (χ4n) is 4.83. The summed E-state index contributed by atoms with van der Waals surface area (Å²) in [6.45, 7) is -0.104. The maximum atomic E-state index is 13.9. The number of fused-ring (bicyclic) bond motifs is 1. The molecule has 2 aliphatic rings. The molecule has 17 nitrogen and oxygen atoms in total. The maximum Gasteiger partial charge on any atom is 0.339 e. The minimum absolute atomic E-state index is 0.104. The molecule has 3 aromatic rings. The number of thiazole rings is 1. The van der Waals surface area contributed by atoms with Crippen molar-refractivity contribution in [2.24, 2.45) is 12.2 Å². The first-order valence-corrected chi connectivity index (χ1v) is 18.9. The number of rotatable bonds is 14. The summed E-state index contributed by atoms with van der Waals surface area (Å²) in [5, 5.41) is 12.2. The first-order valence-electron chi connectivity index (χ1n) is 14.4. The Morgan fingerprint density at radius 1 is 1.26 bits per heavy atom. The molecule has 0 bridgehead atoms. The lowest BCUT2D eigenvalue weighted by atomic mass is 10.00. The number of amides is 3. The minimum atomic E-state index is -1.20. The lowest BCUT2D eigenvalue weighted by Gasteiger charge is -2.57. The van der Waals surface area contributed by atoms with Crippen molar-refractivity contribution < 1.29 is 33.5 Å². The molecule has 3 N–H and O–H groups in total. The Kier molecular flexibility index (Phi) is 12.1. The fraction of sp³-hybridized carbons (Fsp3) is 0.393. The number of halogens is 1. The number of esters is 1. The van der Waals surface area contributed by atoms with E-state index in [0.717, 1.165) is 18.0 Å². The predicted molar refractivity (Wildman–Crippen MR) is 187 cm³/mol. The molecule has 1 aromatic carbocycles. The number of ether oxygens (including phenoxy) is 2. The Morgan fingerprint density at radius 2 is 2.02 bits per heavy atom. The van der Waals surface area contributed by atoms with Gasteiger partial charge < -0.3 is 29.8 Å². The minimum Gasteiger partial charge on any atom is -0.497 e. The molecule has 266 valence electrons. The van der Waals surface area contributed by atoms with E-state index in [-0.39, 0.29) is 23.4 Å². The lowest BCUT2D eigenvalue weighted by molar-refractivity contribution is -0.166. The van der Waals surface area contributed by atoms with Gasteiger partial charge in [0.1, 0.15) is 45.6 Å². The van der Waals surface area contributed by atoms with Gasteiger partial charge in [0.05, 0.1) is 12.6 Å². The zero-order valence-electron chi connectivity index (χ0n) is 26.4.